The third-order valence-corrected chi connectivity index (χ3v) is 5.66. The summed E-state index contributed by atoms with van der Waals surface area (Å²) in [6.07, 6.45) is 0.382. The Morgan fingerprint density at radius 3 is 2.59 bits per heavy atom. The molecule has 148 valence electrons. The van der Waals surface area contributed by atoms with Gasteiger partial charge in [-0.2, -0.15) is 0 Å². The molecule has 1 aliphatic heterocycles. The van der Waals surface area contributed by atoms with E-state index in [1.807, 2.05) is 24.7 Å². The number of amides is 1. The van der Waals surface area contributed by atoms with Crippen molar-refractivity contribution >= 4 is 5.91 Å². The number of hydrogen-bond acceptors (Lipinski definition) is 3. The Bertz CT molecular complexity index is 1080. The molecule has 2 aromatic carbocycles. The zero-order valence-electron chi connectivity index (χ0n) is 15.1. The van der Waals surface area contributed by atoms with Crippen molar-refractivity contribution < 1.29 is 22.7 Å². The van der Waals surface area contributed by atoms with Gasteiger partial charge < -0.3 is 14.6 Å². The van der Waals surface area contributed by atoms with Gasteiger partial charge in [-0.1, -0.05) is 24.3 Å². The fraction of sp³-hybridized carbons (Fsp3) is 0.238. The van der Waals surface area contributed by atoms with Crippen LogP contribution in [0.5, 0.6) is 5.75 Å². The zero-order valence-corrected chi connectivity index (χ0v) is 15.1. The van der Waals surface area contributed by atoms with E-state index in [4.69, 9.17) is 0 Å². The molecule has 1 saturated carbocycles. The summed E-state index contributed by atoms with van der Waals surface area (Å²) in [4.78, 5) is 16.8. The van der Waals surface area contributed by atoms with Crippen LogP contribution >= 0.6 is 0 Å². The summed E-state index contributed by atoms with van der Waals surface area (Å²) in [5.41, 5.74) is 3.55. The molecule has 0 saturated heterocycles. The molecule has 0 unspecified atom stereocenters. The van der Waals surface area contributed by atoms with Crippen molar-refractivity contribution in [2.24, 2.45) is 0 Å². The quantitative estimate of drug-likeness (QED) is 0.722. The van der Waals surface area contributed by atoms with Gasteiger partial charge in [-0.15, -0.1) is 13.2 Å². The minimum absolute atomic E-state index is 0.0324. The monoisotopic (exact) mass is 399 g/mol. The zero-order chi connectivity index (χ0) is 20.2. The Hall–Kier alpha value is -3.29. The minimum atomic E-state index is -4.76. The van der Waals surface area contributed by atoms with E-state index in [1.165, 1.54) is 17.7 Å². The lowest BCUT2D eigenvalue weighted by Gasteiger charge is -2.47. The SMILES string of the molecule is O=C(NC1CC2(C1)c1ccccc1-c1cncn12)c1ccc(OC(F)(F)F)cc1. The van der Waals surface area contributed by atoms with Gasteiger partial charge in [0.1, 0.15) is 5.75 Å². The lowest BCUT2D eigenvalue weighted by molar-refractivity contribution is -0.274. The second-order valence-electron chi connectivity index (χ2n) is 7.38. The first-order valence-corrected chi connectivity index (χ1v) is 9.15. The molecule has 8 heteroatoms. The van der Waals surface area contributed by atoms with E-state index in [9.17, 15) is 18.0 Å². The number of hydrogen-bond donors (Lipinski definition) is 1. The number of benzene rings is 2. The predicted molar refractivity (Wildman–Crippen MR) is 98.4 cm³/mol. The molecule has 1 aliphatic carbocycles. The number of carbonyl (C=O) groups is 1. The molecule has 1 amide bonds. The minimum Gasteiger partial charge on any atom is -0.406 e. The van der Waals surface area contributed by atoms with Crippen molar-refractivity contribution in [1.82, 2.24) is 14.9 Å². The number of carbonyl (C=O) groups excluding carboxylic acids is 1. The Morgan fingerprint density at radius 1 is 1.14 bits per heavy atom. The third-order valence-electron chi connectivity index (χ3n) is 5.66. The lowest BCUT2D eigenvalue weighted by Crippen LogP contribution is -2.55. The highest BCUT2D eigenvalue weighted by Gasteiger charge is 2.52. The summed E-state index contributed by atoms with van der Waals surface area (Å²) in [7, 11) is 0. The summed E-state index contributed by atoms with van der Waals surface area (Å²) < 4.78 is 42.8. The van der Waals surface area contributed by atoms with E-state index in [0.29, 0.717) is 0 Å². The maximum Gasteiger partial charge on any atom is 0.573 e. The maximum absolute atomic E-state index is 12.5. The van der Waals surface area contributed by atoms with Gasteiger partial charge in [-0.25, -0.2) is 4.98 Å². The second kappa shape index (κ2) is 6.10. The number of rotatable bonds is 3. The standard InChI is InChI=1S/C21H16F3N3O2/c22-21(23,24)29-15-7-5-13(6-8-15)19(28)26-14-9-20(10-14)17-4-2-1-3-16(17)18-11-25-12-27(18)20/h1-8,11-12,14H,9-10H2,(H,26,28). The fourth-order valence-corrected chi connectivity index (χ4v) is 4.43. The number of nitrogens with one attached hydrogen (secondary N) is 1. The molecule has 1 spiro atoms. The van der Waals surface area contributed by atoms with Gasteiger partial charge in [0.05, 0.1) is 23.8 Å². The summed E-state index contributed by atoms with van der Waals surface area (Å²) in [6.45, 7) is 0. The second-order valence-corrected chi connectivity index (χ2v) is 7.38. The Morgan fingerprint density at radius 2 is 1.86 bits per heavy atom. The van der Waals surface area contributed by atoms with Gasteiger partial charge in [-0.05, 0) is 42.7 Å². The number of aromatic nitrogens is 2. The van der Waals surface area contributed by atoms with E-state index in [0.717, 1.165) is 36.2 Å². The van der Waals surface area contributed by atoms with Crippen LogP contribution in [0.1, 0.15) is 28.8 Å². The summed E-state index contributed by atoms with van der Waals surface area (Å²) >= 11 is 0. The third kappa shape index (κ3) is 2.86. The highest BCUT2D eigenvalue weighted by Crippen LogP contribution is 2.54. The molecule has 29 heavy (non-hydrogen) atoms. The predicted octanol–water partition coefficient (Wildman–Crippen LogP) is 4.10. The normalized spacial score (nSPS) is 22.0. The summed E-state index contributed by atoms with van der Waals surface area (Å²) in [6, 6.07) is 13.1. The molecule has 2 aliphatic rings. The van der Waals surface area contributed by atoms with E-state index >= 15 is 0 Å². The summed E-state index contributed by atoms with van der Waals surface area (Å²) in [5, 5.41) is 2.97. The van der Waals surface area contributed by atoms with Crippen LogP contribution in [0.25, 0.3) is 11.3 Å². The van der Waals surface area contributed by atoms with Crippen molar-refractivity contribution in [2.75, 3.05) is 0 Å². The van der Waals surface area contributed by atoms with Gasteiger partial charge in [-0.3, -0.25) is 4.79 Å². The molecular weight excluding hydrogens is 383 g/mol. The van der Waals surface area contributed by atoms with Crippen LogP contribution in [0.4, 0.5) is 13.2 Å². The lowest BCUT2D eigenvalue weighted by atomic mass is 9.68. The molecule has 0 bridgehead atoms. The largest absolute Gasteiger partial charge is 0.573 e. The number of halogens is 3. The molecular formula is C21H16F3N3O2. The van der Waals surface area contributed by atoms with Gasteiger partial charge >= 0.3 is 6.36 Å². The van der Waals surface area contributed by atoms with Crippen molar-refractivity contribution in [2.45, 2.75) is 30.8 Å². The molecule has 2 heterocycles. The van der Waals surface area contributed by atoms with Crippen molar-refractivity contribution in [3.63, 3.8) is 0 Å². The number of alkyl halides is 3. The van der Waals surface area contributed by atoms with Gasteiger partial charge in [0, 0.05) is 17.2 Å². The van der Waals surface area contributed by atoms with E-state index in [2.05, 4.69) is 31.7 Å². The average molecular weight is 399 g/mol. The van der Waals surface area contributed by atoms with Gasteiger partial charge in [0.25, 0.3) is 5.91 Å². The molecule has 0 atom stereocenters. The van der Waals surface area contributed by atoms with Crippen molar-refractivity contribution in [3.05, 3.63) is 72.2 Å². The molecule has 1 aromatic heterocycles. The molecule has 0 radical (unpaired) electrons. The number of fused-ring (bicyclic) bond motifs is 5. The smallest absolute Gasteiger partial charge is 0.406 e. The molecule has 3 aromatic rings. The fourth-order valence-electron chi connectivity index (χ4n) is 4.43. The van der Waals surface area contributed by atoms with Crippen LogP contribution < -0.4 is 10.1 Å². The Labute approximate surface area is 164 Å². The highest BCUT2D eigenvalue weighted by atomic mass is 19.4. The molecule has 1 fully saturated rings. The van der Waals surface area contributed by atoms with E-state index < -0.39 is 6.36 Å². The highest BCUT2D eigenvalue weighted by molar-refractivity contribution is 5.94. The van der Waals surface area contributed by atoms with Gasteiger partial charge in [0.2, 0.25) is 0 Å². The van der Waals surface area contributed by atoms with E-state index in [1.54, 1.807) is 0 Å². The van der Waals surface area contributed by atoms with Crippen LogP contribution in [0.3, 0.4) is 0 Å². The first-order chi connectivity index (χ1) is 13.9. The first-order valence-electron chi connectivity index (χ1n) is 9.15. The van der Waals surface area contributed by atoms with Crippen LogP contribution in [0.15, 0.2) is 61.1 Å². The van der Waals surface area contributed by atoms with Gasteiger partial charge in [0.15, 0.2) is 0 Å². The van der Waals surface area contributed by atoms with Crippen LogP contribution in [0.2, 0.25) is 0 Å². The van der Waals surface area contributed by atoms with Crippen molar-refractivity contribution in [1.29, 1.82) is 0 Å². The molecule has 5 nitrogen and oxygen atoms in total. The van der Waals surface area contributed by atoms with E-state index in [-0.39, 0.29) is 28.8 Å². The molecule has 1 N–H and O–H groups in total. The van der Waals surface area contributed by atoms with Crippen LogP contribution in [0, 0.1) is 0 Å². The topological polar surface area (TPSA) is 56.2 Å². The molecule has 5 rings (SSSR count). The number of nitrogens with zero attached hydrogens (tertiary/aromatic N) is 2. The summed E-state index contributed by atoms with van der Waals surface area (Å²) in [5.74, 6) is -0.674. The Balaban J connectivity index is 1.28. The van der Waals surface area contributed by atoms with Crippen LogP contribution in [-0.4, -0.2) is 27.9 Å². The number of imidazole rings is 1. The number of ether oxygens (including phenoxy) is 1. The van der Waals surface area contributed by atoms with Crippen molar-refractivity contribution in [3.8, 4) is 17.0 Å². The first kappa shape index (κ1) is 17.8. The van der Waals surface area contributed by atoms with Crippen LogP contribution in [-0.2, 0) is 5.54 Å². The maximum atomic E-state index is 12.5. The average Bonchev–Trinajstić information content (AvgIpc) is 3.22. The Kier molecular flexibility index (Phi) is 3.74.